The van der Waals surface area contributed by atoms with Crippen molar-refractivity contribution in [3.05, 3.63) is 29.8 Å². The van der Waals surface area contributed by atoms with E-state index >= 15 is 0 Å². The molecule has 0 saturated carbocycles. The zero-order valence-corrected chi connectivity index (χ0v) is 11.5. The largest absolute Gasteiger partial charge is 0.492 e. The van der Waals surface area contributed by atoms with Crippen molar-refractivity contribution in [3.63, 3.8) is 0 Å². The second-order valence-electron chi connectivity index (χ2n) is 5.13. The molecule has 1 heterocycles. The number of likely N-dealkylation sites (tertiary alicyclic amines) is 1. The van der Waals surface area contributed by atoms with E-state index in [0.717, 1.165) is 43.8 Å². The summed E-state index contributed by atoms with van der Waals surface area (Å²) >= 11 is 0. The van der Waals surface area contributed by atoms with Gasteiger partial charge in [-0.2, -0.15) is 0 Å². The quantitative estimate of drug-likeness (QED) is 0.876. The van der Waals surface area contributed by atoms with E-state index in [0.29, 0.717) is 6.61 Å². The first-order chi connectivity index (χ1) is 9.16. The molecule has 0 aromatic heterocycles. The maximum Gasteiger partial charge on any atom is 0.220 e. The van der Waals surface area contributed by atoms with Crippen LogP contribution in [0, 0.1) is 12.8 Å². The van der Waals surface area contributed by atoms with Crippen LogP contribution in [0.5, 0.6) is 5.75 Å². The first-order valence-electron chi connectivity index (χ1n) is 6.87. The van der Waals surface area contributed by atoms with Gasteiger partial charge in [-0.3, -0.25) is 9.69 Å². The molecule has 0 atom stereocenters. The molecular formula is C15H22N2O2. The number of carbonyl (C=O) groups excluding carboxylic acids is 1. The summed E-state index contributed by atoms with van der Waals surface area (Å²) in [7, 11) is 0. The van der Waals surface area contributed by atoms with E-state index in [4.69, 9.17) is 10.5 Å². The standard InChI is InChI=1S/C15H22N2O2/c1-12-4-2-3-5-14(12)19-11-10-17-8-6-13(7-9-17)15(16)18/h2-5,13H,6-11H2,1H3,(H2,16,18). The lowest BCUT2D eigenvalue weighted by molar-refractivity contribution is -0.123. The van der Waals surface area contributed by atoms with Gasteiger partial charge in [0.15, 0.2) is 0 Å². The topological polar surface area (TPSA) is 55.6 Å². The lowest BCUT2D eigenvalue weighted by atomic mass is 9.96. The molecule has 1 aliphatic heterocycles. The SMILES string of the molecule is Cc1ccccc1OCCN1CCC(C(N)=O)CC1. The van der Waals surface area contributed by atoms with Gasteiger partial charge in [0.1, 0.15) is 12.4 Å². The summed E-state index contributed by atoms with van der Waals surface area (Å²) in [6.45, 7) is 5.51. The summed E-state index contributed by atoms with van der Waals surface area (Å²) in [4.78, 5) is 13.4. The summed E-state index contributed by atoms with van der Waals surface area (Å²) < 4.78 is 5.78. The average Bonchev–Trinajstić information content (AvgIpc) is 2.41. The number of benzene rings is 1. The van der Waals surface area contributed by atoms with Crippen LogP contribution in [0.2, 0.25) is 0 Å². The van der Waals surface area contributed by atoms with Crippen molar-refractivity contribution in [2.45, 2.75) is 19.8 Å². The molecule has 1 fully saturated rings. The number of ether oxygens (including phenoxy) is 1. The molecule has 104 valence electrons. The molecule has 4 nitrogen and oxygen atoms in total. The number of para-hydroxylation sites is 1. The number of nitrogens with zero attached hydrogens (tertiary/aromatic N) is 1. The van der Waals surface area contributed by atoms with Gasteiger partial charge in [0, 0.05) is 12.5 Å². The summed E-state index contributed by atoms with van der Waals surface area (Å²) in [5.74, 6) is 0.860. The first-order valence-corrected chi connectivity index (χ1v) is 6.87. The Bertz CT molecular complexity index is 426. The van der Waals surface area contributed by atoms with Gasteiger partial charge in [-0.05, 0) is 44.5 Å². The zero-order valence-electron chi connectivity index (χ0n) is 11.5. The van der Waals surface area contributed by atoms with E-state index < -0.39 is 0 Å². The van der Waals surface area contributed by atoms with E-state index in [1.165, 1.54) is 0 Å². The Labute approximate surface area is 114 Å². The first kappa shape index (κ1) is 13.9. The van der Waals surface area contributed by atoms with Crippen LogP contribution < -0.4 is 10.5 Å². The van der Waals surface area contributed by atoms with E-state index in [1.807, 2.05) is 31.2 Å². The average molecular weight is 262 g/mol. The molecule has 2 rings (SSSR count). The Hall–Kier alpha value is -1.55. The third-order valence-corrected chi connectivity index (χ3v) is 3.75. The van der Waals surface area contributed by atoms with Gasteiger partial charge in [-0.1, -0.05) is 18.2 Å². The van der Waals surface area contributed by atoms with Crippen LogP contribution in [0.15, 0.2) is 24.3 Å². The smallest absolute Gasteiger partial charge is 0.220 e. The molecule has 1 aliphatic rings. The molecule has 19 heavy (non-hydrogen) atoms. The molecule has 1 aromatic carbocycles. The minimum absolute atomic E-state index is 0.0635. The Morgan fingerprint density at radius 2 is 2.05 bits per heavy atom. The predicted molar refractivity (Wildman–Crippen MR) is 75.0 cm³/mol. The van der Waals surface area contributed by atoms with Crippen molar-refractivity contribution in [3.8, 4) is 5.75 Å². The summed E-state index contributed by atoms with van der Waals surface area (Å²) in [6, 6.07) is 8.04. The monoisotopic (exact) mass is 262 g/mol. The second-order valence-corrected chi connectivity index (χ2v) is 5.13. The molecule has 1 aromatic rings. The summed E-state index contributed by atoms with van der Waals surface area (Å²) in [5.41, 5.74) is 6.49. The minimum atomic E-state index is -0.157. The van der Waals surface area contributed by atoms with Gasteiger partial charge in [0.05, 0.1) is 0 Å². The van der Waals surface area contributed by atoms with Crippen molar-refractivity contribution in [2.75, 3.05) is 26.2 Å². The van der Waals surface area contributed by atoms with E-state index in [9.17, 15) is 4.79 Å². The van der Waals surface area contributed by atoms with Gasteiger partial charge in [0.2, 0.25) is 5.91 Å². The van der Waals surface area contributed by atoms with Crippen LogP contribution in [0.25, 0.3) is 0 Å². The number of hydrogen-bond donors (Lipinski definition) is 1. The van der Waals surface area contributed by atoms with E-state index in [-0.39, 0.29) is 11.8 Å². The van der Waals surface area contributed by atoms with Crippen LogP contribution in [0.1, 0.15) is 18.4 Å². The number of rotatable bonds is 5. The van der Waals surface area contributed by atoms with Gasteiger partial charge in [-0.25, -0.2) is 0 Å². The van der Waals surface area contributed by atoms with Gasteiger partial charge >= 0.3 is 0 Å². The number of primary amides is 1. The van der Waals surface area contributed by atoms with Crippen molar-refractivity contribution in [1.29, 1.82) is 0 Å². The fraction of sp³-hybridized carbons (Fsp3) is 0.533. The molecule has 0 bridgehead atoms. The fourth-order valence-electron chi connectivity index (χ4n) is 2.44. The summed E-state index contributed by atoms with van der Waals surface area (Å²) in [6.07, 6.45) is 1.75. The number of amides is 1. The van der Waals surface area contributed by atoms with Crippen LogP contribution in [0.4, 0.5) is 0 Å². The lowest BCUT2D eigenvalue weighted by Gasteiger charge is -2.30. The predicted octanol–water partition coefficient (Wildman–Crippen LogP) is 1.57. The van der Waals surface area contributed by atoms with Crippen LogP contribution in [-0.4, -0.2) is 37.0 Å². The van der Waals surface area contributed by atoms with Crippen molar-refractivity contribution < 1.29 is 9.53 Å². The Morgan fingerprint density at radius 3 is 2.68 bits per heavy atom. The van der Waals surface area contributed by atoms with Crippen molar-refractivity contribution in [1.82, 2.24) is 4.90 Å². The van der Waals surface area contributed by atoms with E-state index in [1.54, 1.807) is 0 Å². The number of hydrogen-bond acceptors (Lipinski definition) is 3. The molecule has 4 heteroatoms. The molecule has 1 amide bonds. The Morgan fingerprint density at radius 1 is 1.37 bits per heavy atom. The second kappa shape index (κ2) is 6.57. The normalized spacial score (nSPS) is 17.3. The zero-order chi connectivity index (χ0) is 13.7. The molecule has 2 N–H and O–H groups in total. The van der Waals surface area contributed by atoms with Gasteiger partial charge in [-0.15, -0.1) is 0 Å². The highest BCUT2D eigenvalue weighted by Gasteiger charge is 2.22. The summed E-state index contributed by atoms with van der Waals surface area (Å²) in [5, 5.41) is 0. The van der Waals surface area contributed by atoms with Crippen molar-refractivity contribution >= 4 is 5.91 Å². The minimum Gasteiger partial charge on any atom is -0.492 e. The van der Waals surface area contributed by atoms with Crippen molar-refractivity contribution in [2.24, 2.45) is 11.7 Å². The van der Waals surface area contributed by atoms with Gasteiger partial charge < -0.3 is 10.5 Å². The molecule has 0 aliphatic carbocycles. The maximum atomic E-state index is 11.1. The third-order valence-electron chi connectivity index (χ3n) is 3.75. The van der Waals surface area contributed by atoms with Gasteiger partial charge in [0.25, 0.3) is 0 Å². The number of aryl methyl sites for hydroxylation is 1. The lowest BCUT2D eigenvalue weighted by Crippen LogP contribution is -2.40. The highest BCUT2D eigenvalue weighted by Crippen LogP contribution is 2.18. The fourth-order valence-corrected chi connectivity index (χ4v) is 2.44. The Kier molecular flexibility index (Phi) is 4.80. The highest BCUT2D eigenvalue weighted by molar-refractivity contribution is 5.76. The number of piperidine rings is 1. The molecule has 0 radical (unpaired) electrons. The third kappa shape index (κ3) is 3.96. The van der Waals surface area contributed by atoms with Crippen LogP contribution in [0.3, 0.4) is 0 Å². The Balaban J connectivity index is 1.70. The molecule has 1 saturated heterocycles. The molecule has 0 unspecified atom stereocenters. The maximum absolute atomic E-state index is 11.1. The number of nitrogens with two attached hydrogens (primary N) is 1. The molecule has 0 spiro atoms. The highest BCUT2D eigenvalue weighted by atomic mass is 16.5. The van der Waals surface area contributed by atoms with Crippen LogP contribution in [-0.2, 0) is 4.79 Å². The van der Waals surface area contributed by atoms with E-state index in [2.05, 4.69) is 4.90 Å². The number of carbonyl (C=O) groups is 1. The van der Waals surface area contributed by atoms with Crippen LogP contribution >= 0.6 is 0 Å². The molecular weight excluding hydrogens is 240 g/mol.